The minimum Gasteiger partial charge on any atom is -0.334 e. The van der Waals surface area contributed by atoms with Crippen LogP contribution in [0.25, 0.3) is 5.69 Å². The third-order valence-corrected chi connectivity index (χ3v) is 2.70. The molecule has 0 saturated carbocycles. The van der Waals surface area contributed by atoms with E-state index < -0.39 is 4.92 Å². The third kappa shape index (κ3) is 2.66. The Morgan fingerprint density at radius 2 is 1.95 bits per heavy atom. The Kier molecular flexibility index (Phi) is 3.21. The molecule has 0 aliphatic carbocycles. The molecule has 9 nitrogen and oxygen atoms in total. The smallest absolute Gasteiger partial charge is 0.329 e. The first-order valence-corrected chi connectivity index (χ1v) is 5.90. The summed E-state index contributed by atoms with van der Waals surface area (Å²) in [6.07, 6.45) is 5.42. The lowest BCUT2D eigenvalue weighted by molar-refractivity contribution is -0.384. The Morgan fingerprint density at radius 1 is 1.14 bits per heavy atom. The van der Waals surface area contributed by atoms with Crippen LogP contribution >= 0.6 is 0 Å². The molecule has 0 spiro atoms. The van der Waals surface area contributed by atoms with Crippen molar-refractivity contribution in [1.29, 1.82) is 0 Å². The maximum absolute atomic E-state index is 10.9. The van der Waals surface area contributed by atoms with E-state index >= 15 is 0 Å². The molecule has 0 aliphatic heterocycles. The summed E-state index contributed by atoms with van der Waals surface area (Å²) in [6, 6.07) is 7.15. The van der Waals surface area contributed by atoms with E-state index in [0.717, 1.165) is 11.9 Å². The largest absolute Gasteiger partial charge is 0.334 e. The first kappa shape index (κ1) is 12.7. The van der Waals surface area contributed by atoms with Crippen LogP contribution in [0.5, 0.6) is 0 Å². The maximum atomic E-state index is 10.9. The summed E-state index contributed by atoms with van der Waals surface area (Å²) in [4.78, 5) is 21.7. The Labute approximate surface area is 118 Å². The molecule has 104 valence electrons. The molecule has 1 aromatic carbocycles. The zero-order valence-electron chi connectivity index (χ0n) is 10.6. The first-order valence-electron chi connectivity index (χ1n) is 5.90. The van der Waals surface area contributed by atoms with E-state index in [1.165, 1.54) is 12.7 Å². The van der Waals surface area contributed by atoms with Gasteiger partial charge in [0.1, 0.15) is 25.2 Å². The van der Waals surface area contributed by atoms with Gasteiger partial charge >= 0.3 is 5.69 Å². The molecule has 0 aliphatic rings. The van der Waals surface area contributed by atoms with Crippen LogP contribution in [0.4, 0.5) is 17.2 Å². The average Bonchev–Trinajstić information content (AvgIpc) is 3.03. The minimum atomic E-state index is -0.536. The minimum absolute atomic E-state index is 0.142. The maximum Gasteiger partial charge on any atom is 0.329 e. The quantitative estimate of drug-likeness (QED) is 0.573. The first-order chi connectivity index (χ1) is 10.2. The Hall–Kier alpha value is -3.36. The average molecular weight is 283 g/mol. The van der Waals surface area contributed by atoms with Crippen LogP contribution in [0, 0.1) is 10.1 Å². The van der Waals surface area contributed by atoms with Crippen molar-refractivity contribution in [2.75, 3.05) is 5.32 Å². The van der Waals surface area contributed by atoms with Gasteiger partial charge in [0, 0.05) is 5.69 Å². The van der Waals surface area contributed by atoms with Crippen molar-refractivity contribution in [2.45, 2.75) is 0 Å². The van der Waals surface area contributed by atoms with Crippen LogP contribution in [-0.4, -0.2) is 29.7 Å². The molecule has 2 aromatic heterocycles. The molecule has 3 rings (SSSR count). The molecule has 2 heterocycles. The molecule has 1 N–H and O–H groups in total. The Balaban J connectivity index is 1.84. The molecule has 0 amide bonds. The molecule has 0 fully saturated rings. The Bertz CT molecular complexity index is 756. The number of benzene rings is 1. The van der Waals surface area contributed by atoms with E-state index in [1.807, 2.05) is 12.1 Å². The van der Waals surface area contributed by atoms with E-state index in [2.05, 4.69) is 25.4 Å². The second kappa shape index (κ2) is 5.33. The highest BCUT2D eigenvalue weighted by molar-refractivity contribution is 5.65. The van der Waals surface area contributed by atoms with E-state index in [9.17, 15) is 10.1 Å². The summed E-state index contributed by atoms with van der Waals surface area (Å²) >= 11 is 0. The van der Waals surface area contributed by atoms with Gasteiger partial charge in [0.25, 0.3) is 0 Å². The summed E-state index contributed by atoms with van der Waals surface area (Å²) in [7, 11) is 0. The SMILES string of the molecule is O=[N+]([O-])c1cncnc1Nc1ccc(-n2cncn2)cc1. The van der Waals surface area contributed by atoms with Crippen LogP contribution < -0.4 is 5.32 Å². The highest BCUT2D eigenvalue weighted by atomic mass is 16.6. The fourth-order valence-electron chi connectivity index (χ4n) is 1.73. The van der Waals surface area contributed by atoms with Gasteiger partial charge in [-0.15, -0.1) is 0 Å². The highest BCUT2D eigenvalue weighted by Gasteiger charge is 2.14. The molecule has 0 radical (unpaired) electrons. The highest BCUT2D eigenvalue weighted by Crippen LogP contribution is 2.24. The van der Waals surface area contributed by atoms with Gasteiger partial charge in [-0.3, -0.25) is 10.1 Å². The van der Waals surface area contributed by atoms with Crippen LogP contribution in [0.1, 0.15) is 0 Å². The molecule has 21 heavy (non-hydrogen) atoms. The monoisotopic (exact) mass is 283 g/mol. The molecular formula is C12H9N7O2. The third-order valence-electron chi connectivity index (χ3n) is 2.70. The van der Waals surface area contributed by atoms with Gasteiger partial charge in [0.15, 0.2) is 0 Å². The molecule has 0 saturated heterocycles. The molecular weight excluding hydrogens is 274 g/mol. The number of aromatic nitrogens is 5. The second-order valence-electron chi connectivity index (χ2n) is 4.03. The summed E-state index contributed by atoms with van der Waals surface area (Å²) in [5.41, 5.74) is 1.31. The van der Waals surface area contributed by atoms with Crippen molar-refractivity contribution in [2.24, 2.45) is 0 Å². The van der Waals surface area contributed by atoms with Crippen LogP contribution in [0.15, 0.2) is 49.4 Å². The summed E-state index contributed by atoms with van der Waals surface area (Å²) in [6.45, 7) is 0. The predicted octanol–water partition coefficient (Wildman–Crippen LogP) is 1.71. The van der Waals surface area contributed by atoms with Crippen molar-refractivity contribution in [3.8, 4) is 5.69 Å². The zero-order chi connectivity index (χ0) is 14.7. The summed E-state index contributed by atoms with van der Waals surface area (Å²) in [5.74, 6) is 0.142. The Morgan fingerprint density at radius 3 is 2.62 bits per heavy atom. The van der Waals surface area contributed by atoms with E-state index in [1.54, 1.807) is 23.1 Å². The van der Waals surface area contributed by atoms with Crippen LogP contribution in [-0.2, 0) is 0 Å². The van der Waals surface area contributed by atoms with Crippen molar-refractivity contribution in [3.63, 3.8) is 0 Å². The van der Waals surface area contributed by atoms with Crippen LogP contribution in [0.2, 0.25) is 0 Å². The zero-order valence-corrected chi connectivity index (χ0v) is 10.6. The standard InChI is InChI=1S/C12H9N7O2/c20-19(21)11-5-13-6-15-12(11)17-9-1-3-10(4-2-9)18-8-14-7-16-18/h1-8H,(H,13,15,17). The number of anilines is 2. The lowest BCUT2D eigenvalue weighted by Crippen LogP contribution is -2.00. The molecule has 9 heteroatoms. The van der Waals surface area contributed by atoms with Gasteiger partial charge in [-0.1, -0.05) is 0 Å². The number of nitro groups is 1. The lowest BCUT2D eigenvalue weighted by Gasteiger charge is -2.06. The van der Waals surface area contributed by atoms with E-state index in [-0.39, 0.29) is 11.5 Å². The fourth-order valence-corrected chi connectivity index (χ4v) is 1.73. The number of rotatable bonds is 4. The number of hydrogen-bond acceptors (Lipinski definition) is 7. The second-order valence-corrected chi connectivity index (χ2v) is 4.03. The lowest BCUT2D eigenvalue weighted by atomic mass is 10.3. The predicted molar refractivity (Wildman–Crippen MR) is 73.3 cm³/mol. The summed E-state index contributed by atoms with van der Waals surface area (Å²) < 4.78 is 1.61. The topological polar surface area (TPSA) is 112 Å². The van der Waals surface area contributed by atoms with Crippen molar-refractivity contribution >= 4 is 17.2 Å². The van der Waals surface area contributed by atoms with E-state index in [4.69, 9.17) is 0 Å². The van der Waals surface area contributed by atoms with Gasteiger partial charge in [0.2, 0.25) is 5.82 Å². The van der Waals surface area contributed by atoms with Gasteiger partial charge in [0.05, 0.1) is 10.6 Å². The van der Waals surface area contributed by atoms with Gasteiger partial charge in [-0.05, 0) is 24.3 Å². The summed E-state index contributed by atoms with van der Waals surface area (Å²) in [5, 5.41) is 17.8. The van der Waals surface area contributed by atoms with Gasteiger partial charge in [-0.25, -0.2) is 19.6 Å². The van der Waals surface area contributed by atoms with Gasteiger partial charge < -0.3 is 5.32 Å². The van der Waals surface area contributed by atoms with E-state index in [0.29, 0.717) is 5.69 Å². The molecule has 3 aromatic rings. The van der Waals surface area contributed by atoms with Crippen molar-refractivity contribution in [3.05, 3.63) is 59.6 Å². The fraction of sp³-hybridized carbons (Fsp3) is 0. The normalized spacial score (nSPS) is 10.3. The molecule has 0 atom stereocenters. The number of nitrogens with zero attached hydrogens (tertiary/aromatic N) is 6. The number of nitrogens with one attached hydrogen (secondary N) is 1. The molecule has 0 bridgehead atoms. The molecule has 0 unspecified atom stereocenters. The van der Waals surface area contributed by atoms with Gasteiger partial charge in [-0.2, -0.15) is 5.10 Å². The van der Waals surface area contributed by atoms with Crippen molar-refractivity contribution in [1.82, 2.24) is 24.7 Å². The number of hydrogen-bond donors (Lipinski definition) is 1. The van der Waals surface area contributed by atoms with Crippen LogP contribution in [0.3, 0.4) is 0 Å². The van der Waals surface area contributed by atoms with Crippen molar-refractivity contribution < 1.29 is 4.92 Å².